The lowest BCUT2D eigenvalue weighted by molar-refractivity contribution is 0.0110. The highest BCUT2D eigenvalue weighted by atomic mass is 16.5. The molecule has 0 saturated carbocycles. The van der Waals surface area contributed by atoms with E-state index in [0.717, 1.165) is 0 Å². The van der Waals surface area contributed by atoms with E-state index in [1.54, 1.807) is 0 Å². The lowest BCUT2D eigenvalue weighted by Gasteiger charge is -2.19. The zero-order valence-corrected chi connectivity index (χ0v) is 7.06. The smallest absolute Gasteiger partial charge is 0.343 e. The molecule has 2 N–H and O–H groups in total. The summed E-state index contributed by atoms with van der Waals surface area (Å²) in [5.74, 6) is 0. The number of aliphatic hydroxyl groups is 1. The molecule has 0 amide bonds. The lowest BCUT2D eigenvalue weighted by atomic mass is 10.0. The Hall–Kier alpha value is -1.14. The Morgan fingerprint density at radius 3 is 3.23 bits per heavy atom. The largest absolute Gasteiger partial charge is 0.386 e. The van der Waals surface area contributed by atoms with Gasteiger partial charge in [-0.25, -0.2) is 9.89 Å². The fraction of sp³-hybridized carbons (Fsp3) is 0.714. The number of hydrogen-bond acceptors (Lipinski definition) is 4. The first-order chi connectivity index (χ1) is 6.20. The summed E-state index contributed by atoms with van der Waals surface area (Å²) < 4.78 is 6.39. The van der Waals surface area contributed by atoms with Crippen LogP contribution in [-0.2, 0) is 11.3 Å². The average molecular weight is 185 g/mol. The lowest BCUT2D eigenvalue weighted by Crippen LogP contribution is -2.37. The molecule has 0 aliphatic carbocycles. The Morgan fingerprint density at radius 1 is 1.85 bits per heavy atom. The molecular weight excluding hydrogens is 174 g/mol. The van der Waals surface area contributed by atoms with Crippen molar-refractivity contribution in [2.45, 2.75) is 18.6 Å². The van der Waals surface area contributed by atoms with Crippen LogP contribution in [0.1, 0.15) is 6.42 Å². The second-order valence-electron chi connectivity index (χ2n) is 3.32. The van der Waals surface area contributed by atoms with Crippen molar-refractivity contribution < 1.29 is 9.84 Å². The van der Waals surface area contributed by atoms with Crippen LogP contribution < -0.4 is 5.69 Å². The zero-order valence-electron chi connectivity index (χ0n) is 7.06. The zero-order chi connectivity index (χ0) is 9.31. The SMILES string of the molecule is O=c1[nH]ncn1CC1(O)CCOC1. The Balaban J connectivity index is 2.13. The van der Waals surface area contributed by atoms with Crippen molar-refractivity contribution in [3.63, 3.8) is 0 Å². The molecule has 72 valence electrons. The molecule has 13 heavy (non-hydrogen) atoms. The van der Waals surface area contributed by atoms with E-state index in [2.05, 4.69) is 10.2 Å². The van der Waals surface area contributed by atoms with Gasteiger partial charge in [0.15, 0.2) is 0 Å². The van der Waals surface area contributed by atoms with Crippen molar-refractivity contribution in [2.24, 2.45) is 0 Å². The fourth-order valence-electron chi connectivity index (χ4n) is 1.42. The van der Waals surface area contributed by atoms with Crippen LogP contribution in [0.4, 0.5) is 0 Å². The quantitative estimate of drug-likeness (QED) is 0.601. The maximum atomic E-state index is 11.0. The summed E-state index contributed by atoms with van der Waals surface area (Å²) in [6.45, 7) is 1.07. The standard InChI is InChI=1S/C7H11N3O3/c11-6-9-8-5-10(6)3-7(12)1-2-13-4-7/h5,12H,1-4H2,(H,9,11). The van der Waals surface area contributed by atoms with Gasteiger partial charge in [-0.1, -0.05) is 0 Å². The molecule has 1 aromatic rings. The average Bonchev–Trinajstić information content (AvgIpc) is 2.64. The van der Waals surface area contributed by atoms with Crippen molar-refractivity contribution in [1.29, 1.82) is 0 Å². The van der Waals surface area contributed by atoms with Crippen LogP contribution in [0.3, 0.4) is 0 Å². The van der Waals surface area contributed by atoms with Gasteiger partial charge in [-0.15, -0.1) is 0 Å². The summed E-state index contributed by atoms with van der Waals surface area (Å²) in [5, 5.41) is 15.7. The van der Waals surface area contributed by atoms with E-state index in [9.17, 15) is 9.90 Å². The van der Waals surface area contributed by atoms with Crippen molar-refractivity contribution >= 4 is 0 Å². The highest BCUT2D eigenvalue weighted by Gasteiger charge is 2.33. The molecule has 0 aromatic carbocycles. The molecule has 1 aliphatic heterocycles. The third kappa shape index (κ3) is 1.63. The first-order valence-corrected chi connectivity index (χ1v) is 4.10. The number of aromatic amines is 1. The van der Waals surface area contributed by atoms with E-state index in [1.165, 1.54) is 10.9 Å². The van der Waals surface area contributed by atoms with Crippen LogP contribution in [0.5, 0.6) is 0 Å². The minimum absolute atomic E-state index is 0.238. The van der Waals surface area contributed by atoms with Crippen LogP contribution >= 0.6 is 0 Å². The maximum absolute atomic E-state index is 11.0. The van der Waals surface area contributed by atoms with Gasteiger partial charge in [0.25, 0.3) is 0 Å². The first-order valence-electron chi connectivity index (χ1n) is 4.10. The van der Waals surface area contributed by atoms with Crippen molar-refractivity contribution in [2.75, 3.05) is 13.2 Å². The number of ether oxygens (including phenoxy) is 1. The molecule has 1 atom stereocenters. The molecule has 0 bridgehead atoms. The van der Waals surface area contributed by atoms with Crippen LogP contribution in [0.25, 0.3) is 0 Å². The molecular formula is C7H11N3O3. The van der Waals surface area contributed by atoms with Crippen LogP contribution in [-0.4, -0.2) is 38.7 Å². The molecule has 6 heteroatoms. The van der Waals surface area contributed by atoms with Gasteiger partial charge in [0, 0.05) is 13.0 Å². The molecule has 1 aromatic heterocycles. The normalized spacial score (nSPS) is 28.1. The topological polar surface area (TPSA) is 80.1 Å². The Labute approximate surface area is 74.1 Å². The molecule has 0 radical (unpaired) electrons. The summed E-state index contributed by atoms with van der Waals surface area (Å²) in [7, 11) is 0. The highest BCUT2D eigenvalue weighted by Crippen LogP contribution is 2.19. The van der Waals surface area contributed by atoms with Gasteiger partial charge in [-0.2, -0.15) is 5.10 Å². The number of aromatic nitrogens is 3. The maximum Gasteiger partial charge on any atom is 0.343 e. The van der Waals surface area contributed by atoms with Gasteiger partial charge < -0.3 is 9.84 Å². The third-order valence-electron chi connectivity index (χ3n) is 2.17. The minimum Gasteiger partial charge on any atom is -0.386 e. The van der Waals surface area contributed by atoms with Gasteiger partial charge in [0.2, 0.25) is 0 Å². The molecule has 1 fully saturated rings. The van der Waals surface area contributed by atoms with Crippen LogP contribution in [0.2, 0.25) is 0 Å². The molecule has 2 rings (SSSR count). The van der Waals surface area contributed by atoms with Gasteiger partial charge in [-0.3, -0.25) is 4.57 Å². The van der Waals surface area contributed by atoms with Crippen LogP contribution in [0, 0.1) is 0 Å². The van der Waals surface area contributed by atoms with Crippen molar-refractivity contribution in [3.05, 3.63) is 16.8 Å². The summed E-state index contributed by atoms with van der Waals surface area (Å²) in [6.07, 6.45) is 1.93. The minimum atomic E-state index is -0.909. The monoisotopic (exact) mass is 185 g/mol. The molecule has 1 saturated heterocycles. The predicted octanol–water partition coefficient (Wildman–Crippen LogP) is -1.28. The summed E-state index contributed by atoms with van der Waals surface area (Å²) >= 11 is 0. The van der Waals surface area contributed by atoms with E-state index >= 15 is 0 Å². The van der Waals surface area contributed by atoms with Gasteiger partial charge in [0.05, 0.1) is 13.2 Å². The van der Waals surface area contributed by atoms with Gasteiger partial charge in [-0.05, 0) is 0 Å². The fourth-order valence-corrected chi connectivity index (χ4v) is 1.42. The van der Waals surface area contributed by atoms with E-state index < -0.39 is 5.60 Å². The highest BCUT2D eigenvalue weighted by molar-refractivity contribution is 4.84. The number of rotatable bonds is 2. The number of nitrogens with zero attached hydrogens (tertiary/aromatic N) is 2. The number of hydrogen-bond donors (Lipinski definition) is 2. The second-order valence-corrected chi connectivity index (χ2v) is 3.32. The molecule has 2 heterocycles. The second kappa shape index (κ2) is 2.97. The van der Waals surface area contributed by atoms with Crippen molar-refractivity contribution in [3.8, 4) is 0 Å². The predicted molar refractivity (Wildman–Crippen MR) is 43.2 cm³/mol. The van der Waals surface area contributed by atoms with E-state index in [-0.39, 0.29) is 18.8 Å². The van der Waals surface area contributed by atoms with E-state index in [4.69, 9.17) is 4.74 Å². The Kier molecular flexibility index (Phi) is 1.93. The Morgan fingerprint density at radius 2 is 2.69 bits per heavy atom. The Bertz CT molecular complexity index is 337. The van der Waals surface area contributed by atoms with Gasteiger partial charge >= 0.3 is 5.69 Å². The molecule has 1 aliphatic rings. The first kappa shape index (κ1) is 8.46. The number of nitrogens with one attached hydrogen (secondary N) is 1. The van der Waals surface area contributed by atoms with E-state index in [1.807, 2.05) is 0 Å². The summed E-state index contributed by atoms with van der Waals surface area (Å²) in [4.78, 5) is 11.0. The molecule has 0 spiro atoms. The molecule has 6 nitrogen and oxygen atoms in total. The number of H-pyrrole nitrogens is 1. The summed E-state index contributed by atoms with van der Waals surface area (Å²) in [6, 6.07) is 0. The molecule has 1 unspecified atom stereocenters. The summed E-state index contributed by atoms with van der Waals surface area (Å²) in [5.41, 5.74) is -1.21. The van der Waals surface area contributed by atoms with Gasteiger partial charge in [0.1, 0.15) is 11.9 Å². The van der Waals surface area contributed by atoms with E-state index in [0.29, 0.717) is 13.0 Å². The third-order valence-corrected chi connectivity index (χ3v) is 2.17. The van der Waals surface area contributed by atoms with Crippen molar-refractivity contribution in [1.82, 2.24) is 14.8 Å². The van der Waals surface area contributed by atoms with Crippen LogP contribution in [0.15, 0.2) is 11.1 Å².